The van der Waals surface area contributed by atoms with Crippen LogP contribution in [0, 0.1) is 0 Å². The molecule has 1 saturated heterocycles. The SMILES string of the molecule is O=C1NC(=O)C2(N1)c1ccccc1C(=O)C2F. The lowest BCUT2D eigenvalue weighted by Gasteiger charge is -2.22. The molecule has 0 saturated carbocycles. The molecule has 0 radical (unpaired) electrons. The number of ketones is 1. The first-order valence-corrected chi connectivity index (χ1v) is 4.99. The molecular formula is C11H7FN2O3. The van der Waals surface area contributed by atoms with E-state index < -0.39 is 29.4 Å². The van der Waals surface area contributed by atoms with Crippen molar-refractivity contribution in [2.45, 2.75) is 11.7 Å². The number of fused-ring (bicyclic) bond motifs is 2. The normalized spacial score (nSPS) is 30.4. The Hall–Kier alpha value is -2.24. The number of halogens is 1. The first-order valence-electron chi connectivity index (χ1n) is 4.99. The van der Waals surface area contributed by atoms with Crippen molar-refractivity contribution in [3.8, 4) is 0 Å². The fourth-order valence-corrected chi connectivity index (χ4v) is 2.35. The molecular weight excluding hydrogens is 227 g/mol. The molecule has 1 heterocycles. The van der Waals surface area contributed by atoms with Gasteiger partial charge in [-0.2, -0.15) is 0 Å². The monoisotopic (exact) mass is 234 g/mol. The van der Waals surface area contributed by atoms with Crippen molar-refractivity contribution in [2.24, 2.45) is 0 Å². The van der Waals surface area contributed by atoms with Crippen LogP contribution >= 0.6 is 0 Å². The van der Waals surface area contributed by atoms with Gasteiger partial charge in [-0.1, -0.05) is 24.3 Å². The molecule has 1 aliphatic heterocycles. The number of imide groups is 1. The van der Waals surface area contributed by atoms with Gasteiger partial charge in [0.15, 0.2) is 11.7 Å². The zero-order chi connectivity index (χ0) is 12.2. The minimum Gasteiger partial charge on any atom is -0.317 e. The van der Waals surface area contributed by atoms with Crippen molar-refractivity contribution in [2.75, 3.05) is 0 Å². The molecule has 1 aromatic rings. The lowest BCUT2D eigenvalue weighted by Crippen LogP contribution is -2.50. The van der Waals surface area contributed by atoms with Gasteiger partial charge in [0, 0.05) is 11.1 Å². The molecule has 1 aliphatic carbocycles. The number of carbonyl (C=O) groups excluding carboxylic acids is 3. The number of hydrogen-bond acceptors (Lipinski definition) is 3. The maximum Gasteiger partial charge on any atom is 0.322 e. The predicted molar refractivity (Wildman–Crippen MR) is 54.0 cm³/mol. The Morgan fingerprint density at radius 2 is 1.88 bits per heavy atom. The molecule has 2 aliphatic rings. The second-order valence-electron chi connectivity index (χ2n) is 3.99. The van der Waals surface area contributed by atoms with E-state index in [9.17, 15) is 18.8 Å². The van der Waals surface area contributed by atoms with Crippen LogP contribution < -0.4 is 10.6 Å². The molecule has 0 aromatic heterocycles. The summed E-state index contributed by atoms with van der Waals surface area (Å²) in [7, 11) is 0. The molecule has 6 heteroatoms. The summed E-state index contributed by atoms with van der Waals surface area (Å²) < 4.78 is 14.1. The highest BCUT2D eigenvalue weighted by molar-refractivity contribution is 6.18. The van der Waals surface area contributed by atoms with Crippen LogP contribution in [-0.4, -0.2) is 23.9 Å². The minimum atomic E-state index is -2.08. The van der Waals surface area contributed by atoms with E-state index in [2.05, 4.69) is 5.32 Å². The summed E-state index contributed by atoms with van der Waals surface area (Å²) in [5.74, 6) is -1.61. The van der Waals surface area contributed by atoms with E-state index in [1.165, 1.54) is 12.1 Å². The van der Waals surface area contributed by atoms with Crippen LogP contribution in [0.25, 0.3) is 0 Å². The average molecular weight is 234 g/mol. The van der Waals surface area contributed by atoms with Gasteiger partial charge < -0.3 is 5.32 Å². The third-order valence-electron chi connectivity index (χ3n) is 3.12. The standard InChI is InChI=1S/C11H7FN2O3/c12-8-7(15)5-3-1-2-4-6(5)11(8)9(16)13-10(17)14-11/h1-4,8H,(H2,13,14,16,17). The van der Waals surface area contributed by atoms with Crippen molar-refractivity contribution < 1.29 is 18.8 Å². The summed E-state index contributed by atoms with van der Waals surface area (Å²) >= 11 is 0. The number of rotatable bonds is 0. The Kier molecular flexibility index (Phi) is 1.70. The number of hydrogen-bond donors (Lipinski definition) is 2. The van der Waals surface area contributed by atoms with Crippen molar-refractivity contribution >= 4 is 17.7 Å². The van der Waals surface area contributed by atoms with E-state index >= 15 is 0 Å². The van der Waals surface area contributed by atoms with Gasteiger partial charge in [-0.15, -0.1) is 0 Å². The number of alkyl halides is 1. The van der Waals surface area contributed by atoms with Crippen LogP contribution in [0.5, 0.6) is 0 Å². The summed E-state index contributed by atoms with van der Waals surface area (Å²) in [6.07, 6.45) is -2.08. The second kappa shape index (κ2) is 2.91. The molecule has 2 atom stereocenters. The zero-order valence-electron chi connectivity index (χ0n) is 8.49. The summed E-state index contributed by atoms with van der Waals surface area (Å²) in [6, 6.07) is 5.29. The summed E-state index contributed by atoms with van der Waals surface area (Å²) in [5.41, 5.74) is -1.54. The molecule has 1 fully saturated rings. The molecule has 86 valence electrons. The maximum atomic E-state index is 14.1. The molecule has 2 N–H and O–H groups in total. The lowest BCUT2D eigenvalue weighted by atomic mass is 9.91. The van der Waals surface area contributed by atoms with Crippen LogP contribution in [-0.2, 0) is 10.3 Å². The number of amides is 3. The molecule has 1 aromatic carbocycles. The Bertz CT molecular complexity index is 572. The maximum absolute atomic E-state index is 14.1. The number of nitrogens with one attached hydrogen (secondary N) is 2. The van der Waals surface area contributed by atoms with Crippen LogP contribution in [0.3, 0.4) is 0 Å². The summed E-state index contributed by atoms with van der Waals surface area (Å²) in [4.78, 5) is 34.6. The van der Waals surface area contributed by atoms with Crippen LogP contribution in [0.2, 0.25) is 0 Å². The highest BCUT2D eigenvalue weighted by Gasteiger charge is 2.62. The molecule has 2 unspecified atom stereocenters. The van der Waals surface area contributed by atoms with Gasteiger partial charge >= 0.3 is 6.03 Å². The Labute approximate surface area is 95.0 Å². The van der Waals surface area contributed by atoms with Gasteiger partial charge in [0.2, 0.25) is 5.78 Å². The van der Waals surface area contributed by atoms with Crippen LogP contribution in [0.15, 0.2) is 24.3 Å². The molecule has 1 spiro atoms. The van der Waals surface area contributed by atoms with Crippen molar-refractivity contribution in [3.63, 3.8) is 0 Å². The first kappa shape index (κ1) is 9.95. The number of carbonyl (C=O) groups is 3. The summed E-state index contributed by atoms with van der Waals surface area (Å²) in [6.45, 7) is 0. The van der Waals surface area contributed by atoms with Crippen LogP contribution in [0.4, 0.5) is 9.18 Å². The highest BCUT2D eigenvalue weighted by Crippen LogP contribution is 2.40. The van der Waals surface area contributed by atoms with E-state index in [0.717, 1.165) is 0 Å². The Morgan fingerprint density at radius 3 is 2.53 bits per heavy atom. The smallest absolute Gasteiger partial charge is 0.317 e. The van der Waals surface area contributed by atoms with Gasteiger partial charge in [0.25, 0.3) is 5.91 Å². The van der Waals surface area contributed by atoms with Gasteiger partial charge in [0.05, 0.1) is 0 Å². The molecule has 5 nitrogen and oxygen atoms in total. The van der Waals surface area contributed by atoms with E-state index in [-0.39, 0.29) is 11.1 Å². The third kappa shape index (κ3) is 0.994. The quantitative estimate of drug-likeness (QED) is 0.632. The van der Waals surface area contributed by atoms with Crippen LogP contribution in [0.1, 0.15) is 15.9 Å². The van der Waals surface area contributed by atoms with Gasteiger partial charge in [0.1, 0.15) is 0 Å². The fourth-order valence-electron chi connectivity index (χ4n) is 2.35. The third-order valence-corrected chi connectivity index (χ3v) is 3.12. The fraction of sp³-hybridized carbons (Fsp3) is 0.182. The number of Topliss-reactive ketones (excluding diaryl/α,β-unsaturated/α-hetero) is 1. The Balaban J connectivity index is 2.29. The number of urea groups is 1. The van der Waals surface area contributed by atoms with Gasteiger partial charge in [-0.05, 0) is 0 Å². The van der Waals surface area contributed by atoms with E-state index in [4.69, 9.17) is 0 Å². The largest absolute Gasteiger partial charge is 0.322 e. The van der Waals surface area contributed by atoms with Gasteiger partial charge in [-0.25, -0.2) is 9.18 Å². The molecule has 0 bridgehead atoms. The molecule has 3 rings (SSSR count). The number of benzene rings is 1. The lowest BCUT2D eigenvalue weighted by molar-refractivity contribution is -0.125. The Morgan fingerprint density at radius 1 is 1.18 bits per heavy atom. The van der Waals surface area contributed by atoms with E-state index in [1.54, 1.807) is 12.1 Å². The van der Waals surface area contributed by atoms with Crippen molar-refractivity contribution in [1.29, 1.82) is 0 Å². The predicted octanol–water partition coefficient (Wildman–Crippen LogP) is 0.256. The van der Waals surface area contributed by atoms with Crippen molar-refractivity contribution in [3.05, 3.63) is 35.4 Å². The van der Waals surface area contributed by atoms with E-state index in [1.807, 2.05) is 5.32 Å². The first-order chi connectivity index (χ1) is 8.07. The molecule has 3 amide bonds. The zero-order valence-corrected chi connectivity index (χ0v) is 8.49. The minimum absolute atomic E-state index is 0.136. The second-order valence-corrected chi connectivity index (χ2v) is 3.99. The van der Waals surface area contributed by atoms with Gasteiger partial charge in [-0.3, -0.25) is 14.9 Å². The highest BCUT2D eigenvalue weighted by atomic mass is 19.1. The van der Waals surface area contributed by atoms with Crippen molar-refractivity contribution in [1.82, 2.24) is 10.6 Å². The molecule has 17 heavy (non-hydrogen) atoms. The average Bonchev–Trinajstić information content (AvgIpc) is 2.72. The topological polar surface area (TPSA) is 75.3 Å². The van der Waals surface area contributed by atoms with E-state index in [0.29, 0.717) is 0 Å². The summed E-state index contributed by atoms with van der Waals surface area (Å²) in [5, 5.41) is 4.18.